The third-order valence-electron chi connectivity index (χ3n) is 17.1. The van der Waals surface area contributed by atoms with E-state index in [1.807, 2.05) is 0 Å². The standard InChI is InChI=1S/C85H65N7/c1-86-84-60-58-80(91(76-50-42-72(43-51-76)87(64-26-10-2-11-27-64)65-28-12-3-13-29-65)77-52-44-73(45-53-77)88(66-30-14-4-15-31-66)67-32-16-5-17-33-67)62-82(84)83-63-81(59-61-85(83)86)92(78-54-46-74(47-55-78)89(68-34-18-6-19-35-68)69-36-20-7-21-37-69)79-56-48-75(49-57-79)90(70-38-22-8-23-39-70)71-40-24-9-25-41-71/h2-63H,1H3. The van der Waals surface area contributed by atoms with Crippen molar-refractivity contribution < 1.29 is 0 Å². The Kier molecular flexibility index (Phi) is 15.5. The average molecular weight is 1180 g/mol. The first-order valence-electron chi connectivity index (χ1n) is 31.2. The molecule has 7 heteroatoms. The van der Waals surface area contributed by atoms with E-state index in [2.05, 4.69) is 417 Å². The van der Waals surface area contributed by atoms with Crippen molar-refractivity contribution in [3.05, 3.63) is 376 Å². The van der Waals surface area contributed by atoms with Gasteiger partial charge < -0.3 is 34.0 Å². The van der Waals surface area contributed by atoms with Crippen LogP contribution in [0.5, 0.6) is 0 Å². The van der Waals surface area contributed by atoms with Crippen LogP contribution in [0.3, 0.4) is 0 Å². The van der Waals surface area contributed by atoms with Gasteiger partial charge in [0.1, 0.15) is 0 Å². The molecule has 0 atom stereocenters. The maximum Gasteiger partial charge on any atom is 0.0490 e. The zero-order chi connectivity index (χ0) is 61.6. The van der Waals surface area contributed by atoms with Crippen LogP contribution in [-0.4, -0.2) is 4.57 Å². The Labute approximate surface area is 538 Å². The van der Waals surface area contributed by atoms with E-state index >= 15 is 0 Å². The van der Waals surface area contributed by atoms with Gasteiger partial charge >= 0.3 is 0 Å². The van der Waals surface area contributed by atoms with Crippen LogP contribution in [0.2, 0.25) is 0 Å². The molecule has 0 saturated carbocycles. The molecule has 0 spiro atoms. The molecule has 14 aromatic carbocycles. The fraction of sp³-hybridized carbons (Fsp3) is 0.0118. The maximum atomic E-state index is 2.39. The highest BCUT2D eigenvalue weighted by molar-refractivity contribution is 6.11. The number of hydrogen-bond donors (Lipinski definition) is 0. The topological polar surface area (TPSA) is 24.4 Å². The molecule has 1 aromatic heterocycles. The summed E-state index contributed by atoms with van der Waals surface area (Å²) in [6.45, 7) is 0. The van der Waals surface area contributed by atoms with Crippen molar-refractivity contribution in [3.8, 4) is 0 Å². The fourth-order valence-corrected chi connectivity index (χ4v) is 12.8. The van der Waals surface area contributed by atoms with Gasteiger partial charge in [-0.05, 0) is 231 Å². The highest BCUT2D eigenvalue weighted by atomic mass is 15.2. The van der Waals surface area contributed by atoms with E-state index in [1.54, 1.807) is 0 Å². The van der Waals surface area contributed by atoms with Crippen molar-refractivity contribution in [2.24, 2.45) is 7.05 Å². The maximum absolute atomic E-state index is 2.39. The quantitative estimate of drug-likeness (QED) is 0.0849. The van der Waals surface area contributed by atoms with Gasteiger partial charge in [-0.2, -0.15) is 0 Å². The Morgan fingerprint density at radius 2 is 0.283 bits per heavy atom. The molecule has 0 aliphatic heterocycles. The minimum atomic E-state index is 1.03. The van der Waals surface area contributed by atoms with Crippen molar-refractivity contribution >= 4 is 124 Å². The normalized spacial score (nSPS) is 11.1. The van der Waals surface area contributed by atoms with E-state index in [1.165, 1.54) is 0 Å². The van der Waals surface area contributed by atoms with Gasteiger partial charge in [0.15, 0.2) is 0 Å². The second-order valence-corrected chi connectivity index (χ2v) is 22.7. The molecule has 440 valence electrons. The molecule has 0 fully saturated rings. The number of hydrogen-bond acceptors (Lipinski definition) is 6. The van der Waals surface area contributed by atoms with Crippen LogP contribution >= 0.6 is 0 Å². The molecule has 0 radical (unpaired) electrons. The number of benzene rings is 14. The number of anilines is 18. The molecule has 0 saturated heterocycles. The predicted octanol–water partition coefficient (Wildman–Crippen LogP) is 24.2. The molecule has 0 amide bonds. The van der Waals surface area contributed by atoms with Crippen LogP contribution in [0.1, 0.15) is 0 Å². The van der Waals surface area contributed by atoms with Gasteiger partial charge in [0.2, 0.25) is 0 Å². The summed E-state index contributed by atoms with van der Waals surface area (Å²) in [6, 6.07) is 134. The number of fused-ring (bicyclic) bond motifs is 3. The molecule has 0 unspecified atom stereocenters. The number of nitrogens with zero attached hydrogens (tertiary/aromatic N) is 7. The SMILES string of the molecule is Cn1c2ccc(N(c3ccc(N(c4ccccc4)c4ccccc4)cc3)c3ccc(N(c4ccccc4)c4ccccc4)cc3)cc2c2cc(N(c3ccc(N(c4ccccc4)c4ccccc4)cc3)c3ccc(N(c4ccccc4)c4ccccc4)cc3)ccc21. The molecule has 0 N–H and O–H groups in total. The smallest absolute Gasteiger partial charge is 0.0490 e. The molecule has 0 bridgehead atoms. The summed E-state index contributed by atoms with van der Waals surface area (Å²) in [4.78, 5) is 14.0. The lowest BCUT2D eigenvalue weighted by Crippen LogP contribution is -2.13. The summed E-state index contributed by atoms with van der Waals surface area (Å²) in [5.41, 5.74) is 21.4. The van der Waals surface area contributed by atoms with Crippen molar-refractivity contribution in [3.63, 3.8) is 0 Å². The molecule has 92 heavy (non-hydrogen) atoms. The van der Waals surface area contributed by atoms with Crippen LogP contribution in [-0.2, 0) is 7.05 Å². The highest BCUT2D eigenvalue weighted by Gasteiger charge is 2.23. The lowest BCUT2D eigenvalue weighted by atomic mass is 10.1. The Hall–Kier alpha value is -12.3. The monoisotopic (exact) mass is 1180 g/mol. The molecule has 0 aliphatic rings. The molecular formula is C85H65N7. The van der Waals surface area contributed by atoms with Crippen molar-refractivity contribution in [1.29, 1.82) is 0 Å². The number of rotatable bonds is 18. The highest BCUT2D eigenvalue weighted by Crippen LogP contribution is 2.46. The Morgan fingerprint density at radius 1 is 0.152 bits per heavy atom. The predicted molar refractivity (Wildman–Crippen MR) is 389 cm³/mol. The van der Waals surface area contributed by atoms with Gasteiger partial charge in [-0.15, -0.1) is 0 Å². The molecule has 1 heterocycles. The Balaban J connectivity index is 0.866. The van der Waals surface area contributed by atoms with Gasteiger partial charge in [-0.25, -0.2) is 0 Å². The summed E-state index contributed by atoms with van der Waals surface area (Å²) in [7, 11) is 2.18. The minimum Gasteiger partial charge on any atom is -0.344 e. The average Bonchev–Trinajstić information content (AvgIpc) is 1.58. The second kappa shape index (κ2) is 25.4. The molecule has 7 nitrogen and oxygen atoms in total. The zero-order valence-corrected chi connectivity index (χ0v) is 50.9. The number of aromatic nitrogens is 1. The van der Waals surface area contributed by atoms with E-state index < -0.39 is 0 Å². The van der Waals surface area contributed by atoms with Gasteiger partial charge in [-0.1, -0.05) is 146 Å². The summed E-state index contributed by atoms with van der Waals surface area (Å²) in [5.74, 6) is 0. The number of aryl methyl sites for hydroxylation is 1. The van der Waals surface area contributed by atoms with E-state index in [0.29, 0.717) is 0 Å². The van der Waals surface area contributed by atoms with E-state index in [0.717, 1.165) is 124 Å². The second-order valence-electron chi connectivity index (χ2n) is 22.7. The summed E-state index contributed by atoms with van der Waals surface area (Å²) < 4.78 is 2.33. The Morgan fingerprint density at radius 3 is 0.446 bits per heavy atom. The summed E-state index contributed by atoms with van der Waals surface area (Å²) in [6.07, 6.45) is 0. The third kappa shape index (κ3) is 11.2. The number of para-hydroxylation sites is 8. The van der Waals surface area contributed by atoms with Crippen molar-refractivity contribution in [1.82, 2.24) is 4.57 Å². The first kappa shape index (κ1) is 56.2. The van der Waals surface area contributed by atoms with Crippen LogP contribution in [0.15, 0.2) is 376 Å². The molecule has 15 rings (SSSR count). The van der Waals surface area contributed by atoms with Crippen LogP contribution in [0.4, 0.5) is 102 Å². The minimum absolute atomic E-state index is 1.03. The van der Waals surface area contributed by atoms with Crippen LogP contribution in [0, 0.1) is 0 Å². The van der Waals surface area contributed by atoms with E-state index in [4.69, 9.17) is 0 Å². The summed E-state index contributed by atoms with van der Waals surface area (Å²) in [5, 5.41) is 2.29. The van der Waals surface area contributed by atoms with Crippen molar-refractivity contribution in [2.75, 3.05) is 29.4 Å². The lowest BCUT2D eigenvalue weighted by Gasteiger charge is -2.29. The van der Waals surface area contributed by atoms with Gasteiger partial charge in [0.25, 0.3) is 0 Å². The molecular weight excluding hydrogens is 1120 g/mol. The first-order chi connectivity index (χ1) is 45.6. The largest absolute Gasteiger partial charge is 0.344 e. The molecule has 0 aliphatic carbocycles. The zero-order valence-electron chi connectivity index (χ0n) is 50.9. The van der Waals surface area contributed by atoms with E-state index in [-0.39, 0.29) is 0 Å². The van der Waals surface area contributed by atoms with E-state index in [9.17, 15) is 0 Å². The van der Waals surface area contributed by atoms with Crippen LogP contribution in [0.25, 0.3) is 21.8 Å². The first-order valence-corrected chi connectivity index (χ1v) is 31.2. The lowest BCUT2D eigenvalue weighted by molar-refractivity contribution is 1.01. The van der Waals surface area contributed by atoms with Gasteiger partial charge in [0.05, 0.1) is 0 Å². The molecule has 15 aromatic rings. The van der Waals surface area contributed by atoms with Gasteiger partial charge in [0, 0.05) is 131 Å². The van der Waals surface area contributed by atoms with Crippen molar-refractivity contribution in [2.45, 2.75) is 0 Å². The van der Waals surface area contributed by atoms with Gasteiger partial charge in [-0.3, -0.25) is 0 Å². The Bertz CT molecular complexity index is 4160. The third-order valence-corrected chi connectivity index (χ3v) is 17.1. The van der Waals surface area contributed by atoms with Crippen LogP contribution < -0.4 is 29.4 Å². The summed E-state index contributed by atoms with van der Waals surface area (Å²) >= 11 is 0. The fourth-order valence-electron chi connectivity index (χ4n) is 12.8.